The third kappa shape index (κ3) is 2.44. The molecule has 0 aliphatic carbocycles. The van der Waals surface area contributed by atoms with Gasteiger partial charge in [0.05, 0.1) is 6.54 Å². The molecule has 8 heteroatoms. The van der Waals surface area contributed by atoms with Crippen molar-refractivity contribution in [1.82, 2.24) is 24.8 Å². The third-order valence-corrected chi connectivity index (χ3v) is 2.46. The molecule has 0 saturated heterocycles. The van der Waals surface area contributed by atoms with Gasteiger partial charge < -0.3 is 16.8 Å². The smallest absolute Gasteiger partial charge is 0.247 e. The first-order valence-electron chi connectivity index (χ1n) is 5.61. The number of anilines is 1. The average molecular weight is 249 g/mol. The molecular weight excluding hydrogens is 234 g/mol. The van der Waals surface area contributed by atoms with E-state index in [2.05, 4.69) is 20.3 Å². The fourth-order valence-electron chi connectivity index (χ4n) is 1.54. The Kier molecular flexibility index (Phi) is 3.80. The van der Waals surface area contributed by atoms with Crippen molar-refractivity contribution in [2.45, 2.75) is 6.42 Å². The summed E-state index contributed by atoms with van der Waals surface area (Å²) in [6.45, 7) is 1.50. The third-order valence-electron chi connectivity index (χ3n) is 2.46. The normalized spacial score (nSPS) is 10.9. The van der Waals surface area contributed by atoms with Crippen LogP contribution in [0.1, 0.15) is 11.2 Å². The summed E-state index contributed by atoms with van der Waals surface area (Å²) in [6.07, 6.45) is 3.54. The van der Waals surface area contributed by atoms with Crippen LogP contribution in [-0.2, 0) is 0 Å². The molecule has 0 saturated carbocycles. The van der Waals surface area contributed by atoms with E-state index in [1.807, 2.05) is 0 Å². The summed E-state index contributed by atoms with van der Waals surface area (Å²) >= 11 is 0. The molecule has 0 amide bonds. The second-order valence-electron chi connectivity index (χ2n) is 3.76. The van der Waals surface area contributed by atoms with E-state index < -0.39 is 0 Å². The summed E-state index contributed by atoms with van der Waals surface area (Å²) in [7, 11) is 0. The first-order valence-corrected chi connectivity index (χ1v) is 5.61. The SMILES string of the molecule is NCCCNCC(=O)n1cnc2c(N)ncnc21. The highest BCUT2D eigenvalue weighted by molar-refractivity contribution is 5.92. The zero-order valence-electron chi connectivity index (χ0n) is 9.83. The molecule has 0 bridgehead atoms. The van der Waals surface area contributed by atoms with E-state index in [9.17, 15) is 4.79 Å². The molecule has 0 spiro atoms. The van der Waals surface area contributed by atoms with Gasteiger partial charge in [0.15, 0.2) is 17.0 Å². The minimum Gasteiger partial charge on any atom is -0.382 e. The Morgan fingerprint density at radius 1 is 1.39 bits per heavy atom. The summed E-state index contributed by atoms with van der Waals surface area (Å²) < 4.78 is 1.36. The number of nitrogens with two attached hydrogens (primary N) is 2. The van der Waals surface area contributed by atoms with E-state index in [0.29, 0.717) is 24.3 Å². The number of carbonyl (C=O) groups is 1. The van der Waals surface area contributed by atoms with E-state index >= 15 is 0 Å². The topological polar surface area (TPSA) is 125 Å². The second-order valence-corrected chi connectivity index (χ2v) is 3.76. The van der Waals surface area contributed by atoms with Crippen LogP contribution in [0.5, 0.6) is 0 Å². The molecule has 0 atom stereocenters. The quantitative estimate of drug-likeness (QED) is 0.579. The van der Waals surface area contributed by atoms with Gasteiger partial charge in [-0.25, -0.2) is 15.0 Å². The van der Waals surface area contributed by atoms with Gasteiger partial charge in [0.25, 0.3) is 0 Å². The molecule has 18 heavy (non-hydrogen) atoms. The molecule has 0 aliphatic heterocycles. The van der Waals surface area contributed by atoms with Crippen molar-refractivity contribution in [3.63, 3.8) is 0 Å². The van der Waals surface area contributed by atoms with Gasteiger partial charge in [0.2, 0.25) is 5.91 Å². The molecule has 2 heterocycles. The monoisotopic (exact) mass is 249 g/mol. The number of carbonyl (C=O) groups excluding carboxylic acids is 1. The van der Waals surface area contributed by atoms with E-state index in [1.54, 1.807) is 0 Å². The number of nitrogen functional groups attached to an aromatic ring is 1. The molecule has 8 nitrogen and oxygen atoms in total. The lowest BCUT2D eigenvalue weighted by Crippen LogP contribution is -2.28. The van der Waals surface area contributed by atoms with Crippen LogP contribution in [-0.4, -0.2) is 45.1 Å². The number of rotatable bonds is 5. The van der Waals surface area contributed by atoms with Crippen LogP contribution in [0.15, 0.2) is 12.7 Å². The molecule has 0 aromatic carbocycles. The van der Waals surface area contributed by atoms with Crippen LogP contribution in [0.25, 0.3) is 11.2 Å². The van der Waals surface area contributed by atoms with Gasteiger partial charge in [-0.1, -0.05) is 0 Å². The Morgan fingerprint density at radius 2 is 2.22 bits per heavy atom. The number of hydrogen-bond donors (Lipinski definition) is 3. The van der Waals surface area contributed by atoms with Crippen LogP contribution in [0.3, 0.4) is 0 Å². The molecule has 96 valence electrons. The Hall–Kier alpha value is -2.06. The fraction of sp³-hybridized carbons (Fsp3) is 0.400. The van der Waals surface area contributed by atoms with Crippen LogP contribution in [0, 0.1) is 0 Å². The minimum absolute atomic E-state index is 0.146. The number of nitrogens with one attached hydrogen (secondary N) is 1. The van der Waals surface area contributed by atoms with Crippen molar-refractivity contribution in [3.05, 3.63) is 12.7 Å². The van der Waals surface area contributed by atoms with Gasteiger partial charge in [-0.05, 0) is 19.5 Å². The highest BCUT2D eigenvalue weighted by atomic mass is 16.2. The Labute approximate surface area is 103 Å². The van der Waals surface area contributed by atoms with Gasteiger partial charge in [-0.15, -0.1) is 0 Å². The van der Waals surface area contributed by atoms with Crippen molar-refractivity contribution in [2.24, 2.45) is 5.73 Å². The number of aromatic nitrogens is 4. The standard InChI is InChI=1S/C10H15N7O/c11-2-1-3-13-4-7(18)17-6-16-8-9(12)14-5-15-10(8)17/h5-6,13H,1-4,11H2,(H2,12,14,15). The molecule has 0 unspecified atom stereocenters. The molecule has 5 N–H and O–H groups in total. The minimum atomic E-state index is -0.146. The predicted octanol–water partition coefficient (Wildman–Crippen LogP) is -1.01. The summed E-state index contributed by atoms with van der Waals surface area (Å²) in [4.78, 5) is 23.8. The van der Waals surface area contributed by atoms with Crippen molar-refractivity contribution < 1.29 is 4.79 Å². The molecule has 0 radical (unpaired) electrons. The lowest BCUT2D eigenvalue weighted by Gasteiger charge is -2.04. The van der Waals surface area contributed by atoms with Crippen molar-refractivity contribution in [2.75, 3.05) is 25.4 Å². The summed E-state index contributed by atoms with van der Waals surface area (Å²) in [5, 5.41) is 3.00. The van der Waals surface area contributed by atoms with Gasteiger partial charge in [-0.3, -0.25) is 9.36 Å². The lowest BCUT2D eigenvalue weighted by molar-refractivity contribution is 0.0916. The Morgan fingerprint density at radius 3 is 3.00 bits per heavy atom. The van der Waals surface area contributed by atoms with E-state index in [-0.39, 0.29) is 18.3 Å². The van der Waals surface area contributed by atoms with E-state index in [1.165, 1.54) is 17.2 Å². The van der Waals surface area contributed by atoms with Gasteiger partial charge >= 0.3 is 0 Å². The first-order chi connectivity index (χ1) is 8.74. The predicted molar refractivity (Wildman–Crippen MR) is 66.9 cm³/mol. The van der Waals surface area contributed by atoms with Crippen LogP contribution >= 0.6 is 0 Å². The summed E-state index contributed by atoms with van der Waals surface area (Å²) in [5.41, 5.74) is 11.9. The molecular formula is C10H15N7O. The maximum absolute atomic E-state index is 11.9. The maximum Gasteiger partial charge on any atom is 0.247 e. The fourth-order valence-corrected chi connectivity index (χ4v) is 1.54. The van der Waals surface area contributed by atoms with Crippen molar-refractivity contribution >= 4 is 22.9 Å². The second kappa shape index (κ2) is 5.52. The first kappa shape index (κ1) is 12.4. The molecule has 2 aromatic rings. The molecule has 0 aliphatic rings. The Bertz CT molecular complexity index is 550. The molecule has 2 aromatic heterocycles. The van der Waals surface area contributed by atoms with Gasteiger partial charge in [0, 0.05) is 0 Å². The van der Waals surface area contributed by atoms with Gasteiger partial charge in [-0.2, -0.15) is 0 Å². The average Bonchev–Trinajstić information content (AvgIpc) is 2.80. The number of hydrogen-bond acceptors (Lipinski definition) is 7. The van der Waals surface area contributed by atoms with E-state index in [4.69, 9.17) is 11.5 Å². The van der Waals surface area contributed by atoms with Crippen LogP contribution in [0.2, 0.25) is 0 Å². The molecule has 2 rings (SSSR count). The Balaban J connectivity index is 2.11. The molecule has 0 fully saturated rings. The summed E-state index contributed by atoms with van der Waals surface area (Å²) in [5.74, 6) is 0.121. The number of imidazole rings is 1. The van der Waals surface area contributed by atoms with E-state index in [0.717, 1.165) is 6.42 Å². The van der Waals surface area contributed by atoms with Crippen molar-refractivity contribution in [1.29, 1.82) is 0 Å². The van der Waals surface area contributed by atoms with Gasteiger partial charge in [0.1, 0.15) is 12.7 Å². The zero-order valence-corrected chi connectivity index (χ0v) is 9.83. The van der Waals surface area contributed by atoms with Crippen LogP contribution in [0.4, 0.5) is 5.82 Å². The number of fused-ring (bicyclic) bond motifs is 1. The largest absolute Gasteiger partial charge is 0.382 e. The zero-order chi connectivity index (χ0) is 13.0. The van der Waals surface area contributed by atoms with Crippen LogP contribution < -0.4 is 16.8 Å². The highest BCUT2D eigenvalue weighted by Crippen LogP contribution is 2.13. The van der Waals surface area contributed by atoms with Crippen molar-refractivity contribution in [3.8, 4) is 0 Å². The lowest BCUT2D eigenvalue weighted by atomic mass is 10.4. The number of nitrogens with zero attached hydrogens (tertiary/aromatic N) is 4. The maximum atomic E-state index is 11.9. The highest BCUT2D eigenvalue weighted by Gasteiger charge is 2.12. The summed E-state index contributed by atoms with van der Waals surface area (Å²) in [6, 6.07) is 0.